The third-order valence-corrected chi connectivity index (χ3v) is 8.02. The Morgan fingerprint density at radius 2 is 1.74 bits per heavy atom. The lowest BCUT2D eigenvalue weighted by Gasteiger charge is -2.39. The van der Waals surface area contributed by atoms with E-state index in [0.717, 1.165) is 13.1 Å². The highest BCUT2D eigenvalue weighted by atomic mass is 35.5. The van der Waals surface area contributed by atoms with Gasteiger partial charge >= 0.3 is 0 Å². The van der Waals surface area contributed by atoms with Crippen LogP contribution in [0.1, 0.15) is 28.5 Å². The highest BCUT2D eigenvalue weighted by molar-refractivity contribution is 6.42. The largest absolute Gasteiger partial charge is 0.379 e. The fourth-order valence-corrected chi connectivity index (χ4v) is 5.50. The molecule has 0 radical (unpaired) electrons. The monoisotopic (exact) mass is 563 g/mol. The predicted octanol–water partition coefficient (Wildman–Crippen LogP) is 2.67. The van der Waals surface area contributed by atoms with Crippen LogP contribution in [-0.2, 0) is 16.0 Å². The summed E-state index contributed by atoms with van der Waals surface area (Å²) in [5, 5.41) is 0.452. The van der Waals surface area contributed by atoms with Crippen LogP contribution in [0.2, 0.25) is 10.2 Å². The first-order chi connectivity index (χ1) is 18.2. The zero-order valence-corrected chi connectivity index (χ0v) is 22.4. The highest BCUT2D eigenvalue weighted by Crippen LogP contribution is 2.27. The molecule has 3 aromatic rings. The second kappa shape index (κ2) is 11.1. The number of aromatic amines is 1. The number of rotatable bonds is 5. The maximum absolute atomic E-state index is 14.8. The van der Waals surface area contributed by atoms with Gasteiger partial charge in [-0.15, -0.1) is 0 Å². The molecule has 1 aromatic carbocycles. The lowest BCUT2D eigenvalue weighted by atomic mass is 10.0. The first-order valence-electron chi connectivity index (χ1n) is 12.5. The van der Waals surface area contributed by atoms with E-state index in [1.807, 2.05) is 6.92 Å². The number of fused-ring (bicyclic) bond motifs is 1. The summed E-state index contributed by atoms with van der Waals surface area (Å²) in [5.74, 6) is -1.01. The minimum atomic E-state index is -0.619. The number of nitrogens with zero attached hydrogens (tertiary/aromatic N) is 4. The Labute approximate surface area is 228 Å². The van der Waals surface area contributed by atoms with Crippen molar-refractivity contribution in [2.24, 2.45) is 0 Å². The van der Waals surface area contributed by atoms with E-state index in [-0.39, 0.29) is 39.7 Å². The minimum Gasteiger partial charge on any atom is -0.379 e. The number of carbonyl (C=O) groups is 2. The topological polar surface area (TPSA) is 90.4 Å². The summed E-state index contributed by atoms with van der Waals surface area (Å²) in [7, 11) is 0. The van der Waals surface area contributed by atoms with Crippen LogP contribution in [0.15, 0.2) is 35.3 Å². The van der Waals surface area contributed by atoms with Crippen LogP contribution in [0.25, 0.3) is 5.52 Å². The number of carbonyl (C=O) groups excluding carboxylic acids is 2. The first-order valence-corrected chi connectivity index (χ1v) is 13.3. The summed E-state index contributed by atoms with van der Waals surface area (Å²) >= 11 is 12.4. The van der Waals surface area contributed by atoms with Crippen molar-refractivity contribution in [2.45, 2.75) is 19.4 Å². The molecule has 2 aliphatic heterocycles. The molecule has 9 nitrogen and oxygen atoms in total. The quantitative estimate of drug-likeness (QED) is 0.515. The second-order valence-electron chi connectivity index (χ2n) is 9.55. The Hall–Kier alpha value is -2.92. The van der Waals surface area contributed by atoms with Gasteiger partial charge in [0.2, 0.25) is 5.91 Å². The van der Waals surface area contributed by atoms with E-state index in [1.165, 1.54) is 24.4 Å². The van der Waals surface area contributed by atoms with Gasteiger partial charge in [-0.1, -0.05) is 29.3 Å². The maximum Gasteiger partial charge on any atom is 0.272 e. The van der Waals surface area contributed by atoms with Crippen LogP contribution in [0.4, 0.5) is 4.39 Å². The van der Waals surface area contributed by atoms with Crippen molar-refractivity contribution in [1.29, 1.82) is 0 Å². The van der Waals surface area contributed by atoms with E-state index < -0.39 is 11.7 Å². The van der Waals surface area contributed by atoms with Gasteiger partial charge in [0, 0.05) is 57.6 Å². The smallest absolute Gasteiger partial charge is 0.272 e. The zero-order chi connectivity index (χ0) is 27.0. The molecule has 2 aromatic heterocycles. The van der Waals surface area contributed by atoms with Crippen LogP contribution in [-0.4, -0.2) is 94.4 Å². The summed E-state index contributed by atoms with van der Waals surface area (Å²) in [5.41, 5.74) is 1.21. The molecule has 2 aliphatic rings. The number of morpholine rings is 1. The van der Waals surface area contributed by atoms with Gasteiger partial charge in [-0.05, 0) is 30.7 Å². The average molecular weight is 564 g/mol. The second-order valence-corrected chi connectivity index (χ2v) is 10.3. The lowest BCUT2D eigenvalue weighted by molar-refractivity contribution is -0.139. The van der Waals surface area contributed by atoms with Crippen molar-refractivity contribution in [3.05, 3.63) is 73.6 Å². The Morgan fingerprint density at radius 1 is 1.05 bits per heavy atom. The number of piperazine rings is 1. The zero-order valence-electron chi connectivity index (χ0n) is 20.9. The van der Waals surface area contributed by atoms with Crippen LogP contribution in [0.3, 0.4) is 0 Å². The van der Waals surface area contributed by atoms with Crippen LogP contribution in [0.5, 0.6) is 0 Å². The molecule has 1 N–H and O–H groups in total. The summed E-state index contributed by atoms with van der Waals surface area (Å²) in [6.45, 7) is 5.99. The normalized spacial score (nSPS) is 17.7. The Kier molecular flexibility index (Phi) is 7.76. The highest BCUT2D eigenvalue weighted by Gasteiger charge is 2.31. The SMILES string of the molecule is CC(C(=O)N1CCN(C(=O)c2cc(Cc3c[nH]c(=O)c4cc(Cl)c(Cl)n34)ccc2F)CC1)N1CCOCC1. The lowest BCUT2D eigenvalue weighted by Crippen LogP contribution is -2.56. The molecular formula is C26H28Cl2FN5O4. The standard InChI is InChI=1S/C26H28Cl2FN5O4/c1-16(31-8-10-38-11-9-31)25(36)32-4-6-33(7-5-32)26(37)19-13-17(2-3-21(19)29)12-18-15-30-24(35)22-14-20(27)23(28)34(18)22/h2-3,13-16H,4-12H2,1H3,(H,30,35). The fourth-order valence-electron chi connectivity index (χ4n) is 5.06. The van der Waals surface area contributed by atoms with Crippen molar-refractivity contribution < 1.29 is 18.7 Å². The molecule has 2 fully saturated rings. The van der Waals surface area contributed by atoms with Gasteiger partial charge in [0.25, 0.3) is 11.5 Å². The fraction of sp³-hybridized carbons (Fsp3) is 0.423. The van der Waals surface area contributed by atoms with Gasteiger partial charge in [-0.2, -0.15) is 0 Å². The van der Waals surface area contributed by atoms with E-state index >= 15 is 0 Å². The molecule has 0 spiro atoms. The molecule has 2 amide bonds. The number of halogens is 3. The summed E-state index contributed by atoms with van der Waals surface area (Å²) in [6.07, 6.45) is 1.80. The average Bonchev–Trinajstić information content (AvgIpc) is 3.25. The number of hydrogen-bond donors (Lipinski definition) is 1. The summed E-state index contributed by atoms with van der Waals surface area (Å²) in [4.78, 5) is 46.5. The van der Waals surface area contributed by atoms with Crippen molar-refractivity contribution in [2.75, 3.05) is 52.5 Å². The first kappa shape index (κ1) is 26.7. The van der Waals surface area contributed by atoms with Crippen molar-refractivity contribution in [3.8, 4) is 0 Å². The summed E-state index contributed by atoms with van der Waals surface area (Å²) in [6, 6.07) is 5.60. The molecule has 38 heavy (non-hydrogen) atoms. The molecule has 1 atom stereocenters. The number of nitrogens with one attached hydrogen (secondary N) is 1. The summed E-state index contributed by atoms with van der Waals surface area (Å²) < 4.78 is 21.7. The van der Waals surface area contributed by atoms with Gasteiger partial charge in [0.1, 0.15) is 16.5 Å². The van der Waals surface area contributed by atoms with Gasteiger partial charge in [-0.3, -0.25) is 23.7 Å². The molecule has 2 saturated heterocycles. The van der Waals surface area contributed by atoms with E-state index in [2.05, 4.69) is 9.88 Å². The van der Waals surface area contributed by atoms with Gasteiger partial charge < -0.3 is 19.5 Å². The number of H-pyrrole nitrogens is 1. The Morgan fingerprint density at radius 3 is 2.45 bits per heavy atom. The van der Waals surface area contributed by atoms with E-state index in [1.54, 1.807) is 20.3 Å². The molecular weight excluding hydrogens is 536 g/mol. The molecule has 5 rings (SSSR count). The third kappa shape index (κ3) is 5.18. The van der Waals surface area contributed by atoms with Crippen LogP contribution >= 0.6 is 23.2 Å². The number of ether oxygens (including phenoxy) is 1. The number of benzene rings is 1. The van der Waals surface area contributed by atoms with E-state index in [4.69, 9.17) is 27.9 Å². The molecule has 12 heteroatoms. The third-order valence-electron chi connectivity index (χ3n) is 7.26. The predicted molar refractivity (Wildman–Crippen MR) is 142 cm³/mol. The maximum atomic E-state index is 14.8. The molecule has 0 aliphatic carbocycles. The van der Waals surface area contributed by atoms with Crippen LogP contribution < -0.4 is 5.56 Å². The molecule has 202 valence electrons. The number of hydrogen-bond acceptors (Lipinski definition) is 5. The van der Waals surface area contributed by atoms with Crippen molar-refractivity contribution >= 4 is 40.5 Å². The number of aromatic nitrogens is 2. The van der Waals surface area contributed by atoms with Gasteiger partial charge in [-0.25, -0.2) is 4.39 Å². The van der Waals surface area contributed by atoms with Gasteiger partial charge in [0.15, 0.2) is 0 Å². The van der Waals surface area contributed by atoms with Gasteiger partial charge in [0.05, 0.1) is 29.8 Å². The number of amides is 2. The Bertz CT molecular complexity index is 1430. The van der Waals surface area contributed by atoms with E-state index in [0.29, 0.717) is 56.2 Å². The van der Waals surface area contributed by atoms with Crippen LogP contribution in [0, 0.1) is 5.82 Å². The minimum absolute atomic E-state index is 0.0307. The molecule has 1 unspecified atom stereocenters. The van der Waals surface area contributed by atoms with Crippen molar-refractivity contribution in [1.82, 2.24) is 24.1 Å². The van der Waals surface area contributed by atoms with E-state index in [9.17, 15) is 18.8 Å². The molecule has 4 heterocycles. The van der Waals surface area contributed by atoms with Crippen molar-refractivity contribution in [3.63, 3.8) is 0 Å². The molecule has 0 bridgehead atoms. The molecule has 0 saturated carbocycles. The Balaban J connectivity index is 1.28.